The highest BCUT2D eigenvalue weighted by Crippen LogP contribution is 2.38. The number of hydrogen-bond donors (Lipinski definition) is 1. The van der Waals surface area contributed by atoms with Crippen LogP contribution in [0.3, 0.4) is 0 Å². The number of halogens is 2. The monoisotopic (exact) mass is 274 g/mol. The molecule has 0 bridgehead atoms. The van der Waals surface area contributed by atoms with Gasteiger partial charge >= 0.3 is 0 Å². The van der Waals surface area contributed by atoms with Gasteiger partial charge in [0.2, 0.25) is 5.91 Å². The van der Waals surface area contributed by atoms with Gasteiger partial charge in [-0.15, -0.1) is 0 Å². The number of benzene rings is 1. The van der Waals surface area contributed by atoms with Crippen LogP contribution >= 0.6 is 11.6 Å². The van der Waals surface area contributed by atoms with Crippen LogP contribution in [0.15, 0.2) is 12.1 Å². The fourth-order valence-corrected chi connectivity index (χ4v) is 2.17. The minimum atomic E-state index is -0.904. The maximum Gasteiger partial charge on any atom is 0.297 e. The first-order valence-corrected chi connectivity index (χ1v) is 5.40. The minimum Gasteiger partial charge on any atom is -0.391 e. The standard InChI is InChI=1S/C10H8ClFN2O4/c11-7-1-5(12)2-8(14(17)18)10(7)13-4-6(15)3-9(13)16/h1-2,6,15H,3-4H2. The minimum absolute atomic E-state index is 0.0922. The third-order valence-corrected chi connectivity index (χ3v) is 2.87. The molecule has 0 aliphatic carbocycles. The van der Waals surface area contributed by atoms with Crippen molar-refractivity contribution in [2.24, 2.45) is 0 Å². The summed E-state index contributed by atoms with van der Waals surface area (Å²) in [6.07, 6.45) is -1.04. The van der Waals surface area contributed by atoms with Crippen LogP contribution < -0.4 is 4.90 Å². The molecule has 1 unspecified atom stereocenters. The molecule has 2 rings (SSSR count). The molecule has 1 N–H and O–H groups in total. The molecule has 1 atom stereocenters. The van der Waals surface area contributed by atoms with Gasteiger partial charge in [0.25, 0.3) is 5.69 Å². The van der Waals surface area contributed by atoms with Gasteiger partial charge in [0.05, 0.1) is 35.1 Å². The van der Waals surface area contributed by atoms with Gasteiger partial charge in [0.1, 0.15) is 11.5 Å². The van der Waals surface area contributed by atoms with Crippen LogP contribution in [-0.4, -0.2) is 28.6 Å². The smallest absolute Gasteiger partial charge is 0.297 e. The van der Waals surface area contributed by atoms with Gasteiger partial charge < -0.3 is 10.0 Å². The van der Waals surface area contributed by atoms with Gasteiger partial charge in [-0.1, -0.05) is 11.6 Å². The lowest BCUT2D eigenvalue weighted by Gasteiger charge is -2.17. The van der Waals surface area contributed by atoms with Gasteiger partial charge in [-0.3, -0.25) is 14.9 Å². The number of carbonyl (C=O) groups excluding carboxylic acids is 1. The van der Waals surface area contributed by atoms with E-state index in [9.17, 15) is 24.4 Å². The number of nitro benzene ring substituents is 1. The molecule has 0 spiro atoms. The lowest BCUT2D eigenvalue weighted by molar-refractivity contribution is -0.384. The summed E-state index contributed by atoms with van der Waals surface area (Å²) >= 11 is 5.75. The van der Waals surface area contributed by atoms with Crippen LogP contribution in [0.4, 0.5) is 15.8 Å². The topological polar surface area (TPSA) is 83.7 Å². The Balaban J connectivity index is 2.56. The summed E-state index contributed by atoms with van der Waals surface area (Å²) in [7, 11) is 0. The predicted octanol–water partition coefficient (Wildman–Crippen LogP) is 1.48. The molecule has 1 saturated heterocycles. The predicted molar refractivity (Wildman–Crippen MR) is 61.0 cm³/mol. The van der Waals surface area contributed by atoms with E-state index >= 15 is 0 Å². The zero-order valence-electron chi connectivity index (χ0n) is 8.97. The van der Waals surface area contributed by atoms with Crippen molar-refractivity contribution in [2.75, 3.05) is 11.4 Å². The van der Waals surface area contributed by atoms with E-state index in [0.29, 0.717) is 6.07 Å². The number of hydrogen-bond acceptors (Lipinski definition) is 4. The van der Waals surface area contributed by atoms with Crippen molar-refractivity contribution in [1.82, 2.24) is 0 Å². The van der Waals surface area contributed by atoms with Crippen molar-refractivity contribution >= 4 is 28.9 Å². The number of anilines is 1. The Bertz CT molecular complexity index is 537. The van der Waals surface area contributed by atoms with E-state index < -0.39 is 28.4 Å². The molecule has 1 amide bonds. The average molecular weight is 275 g/mol. The molecule has 96 valence electrons. The molecule has 1 aliphatic rings. The van der Waals surface area contributed by atoms with Gasteiger partial charge in [-0.25, -0.2) is 4.39 Å². The highest BCUT2D eigenvalue weighted by molar-refractivity contribution is 6.34. The van der Waals surface area contributed by atoms with E-state index in [4.69, 9.17) is 11.6 Å². The fourth-order valence-electron chi connectivity index (χ4n) is 1.86. The Morgan fingerprint density at radius 2 is 2.22 bits per heavy atom. The summed E-state index contributed by atoms with van der Waals surface area (Å²) in [6, 6.07) is 1.58. The SMILES string of the molecule is O=C1CC(O)CN1c1c(Cl)cc(F)cc1[N+](=O)[O-]. The molecule has 0 saturated carbocycles. The van der Waals surface area contributed by atoms with Crippen molar-refractivity contribution in [3.05, 3.63) is 33.1 Å². The number of β-amino-alcohol motifs (C(OH)–C–C–N with tert-alkyl or cyclic N) is 1. The summed E-state index contributed by atoms with van der Waals surface area (Å²) in [5, 5.41) is 20.0. The second kappa shape index (κ2) is 4.51. The molecule has 0 radical (unpaired) electrons. The van der Waals surface area contributed by atoms with E-state index in [2.05, 4.69) is 0 Å². The Morgan fingerprint density at radius 3 is 2.72 bits per heavy atom. The molecule has 1 aromatic carbocycles. The summed E-state index contributed by atoms with van der Waals surface area (Å²) in [5.74, 6) is -1.35. The molecular weight excluding hydrogens is 267 g/mol. The van der Waals surface area contributed by atoms with Crippen LogP contribution in [0.25, 0.3) is 0 Å². The summed E-state index contributed by atoms with van der Waals surface area (Å²) in [5.41, 5.74) is -0.771. The third-order valence-electron chi connectivity index (χ3n) is 2.58. The number of rotatable bonds is 2. The maximum absolute atomic E-state index is 13.1. The van der Waals surface area contributed by atoms with E-state index in [1.54, 1.807) is 0 Å². The molecule has 1 aliphatic heterocycles. The quantitative estimate of drug-likeness (QED) is 0.654. The molecule has 1 fully saturated rings. The molecule has 1 aromatic rings. The van der Waals surface area contributed by atoms with Crippen molar-refractivity contribution < 1.29 is 19.2 Å². The Morgan fingerprint density at radius 1 is 1.56 bits per heavy atom. The maximum atomic E-state index is 13.1. The van der Waals surface area contributed by atoms with Gasteiger partial charge in [0.15, 0.2) is 0 Å². The summed E-state index contributed by atoms with van der Waals surface area (Å²) < 4.78 is 13.1. The van der Waals surface area contributed by atoms with Crippen molar-refractivity contribution in [3.63, 3.8) is 0 Å². The molecule has 0 aromatic heterocycles. The van der Waals surface area contributed by atoms with E-state index in [1.807, 2.05) is 0 Å². The van der Waals surface area contributed by atoms with E-state index in [-0.39, 0.29) is 23.7 Å². The molecule has 8 heteroatoms. The summed E-state index contributed by atoms with van der Waals surface area (Å²) in [4.78, 5) is 22.6. The second-order valence-corrected chi connectivity index (χ2v) is 4.28. The Hall–Kier alpha value is -1.73. The third kappa shape index (κ3) is 2.14. The molecular formula is C10H8ClFN2O4. The van der Waals surface area contributed by atoms with Crippen molar-refractivity contribution in [3.8, 4) is 0 Å². The number of aliphatic hydroxyl groups is 1. The molecule has 1 heterocycles. The lowest BCUT2D eigenvalue weighted by atomic mass is 10.2. The van der Waals surface area contributed by atoms with Gasteiger partial charge in [-0.05, 0) is 6.07 Å². The largest absolute Gasteiger partial charge is 0.391 e. The highest BCUT2D eigenvalue weighted by Gasteiger charge is 2.35. The van der Waals surface area contributed by atoms with Crippen molar-refractivity contribution in [2.45, 2.75) is 12.5 Å². The number of nitrogens with zero attached hydrogens (tertiary/aromatic N) is 2. The van der Waals surface area contributed by atoms with Crippen LogP contribution in [0.2, 0.25) is 5.02 Å². The van der Waals surface area contributed by atoms with Crippen LogP contribution in [0.1, 0.15) is 6.42 Å². The zero-order chi connectivity index (χ0) is 13.4. The molecule has 18 heavy (non-hydrogen) atoms. The van der Waals surface area contributed by atoms with E-state index in [1.165, 1.54) is 0 Å². The van der Waals surface area contributed by atoms with Crippen LogP contribution in [0, 0.1) is 15.9 Å². The van der Waals surface area contributed by atoms with Gasteiger partial charge in [0, 0.05) is 0 Å². The average Bonchev–Trinajstić information content (AvgIpc) is 2.56. The van der Waals surface area contributed by atoms with Crippen molar-refractivity contribution in [1.29, 1.82) is 0 Å². The number of amides is 1. The number of carbonyl (C=O) groups is 1. The first-order valence-electron chi connectivity index (χ1n) is 5.02. The van der Waals surface area contributed by atoms with Crippen LogP contribution in [0.5, 0.6) is 0 Å². The normalized spacial score (nSPS) is 19.4. The second-order valence-electron chi connectivity index (χ2n) is 3.87. The van der Waals surface area contributed by atoms with E-state index in [0.717, 1.165) is 11.0 Å². The number of nitro groups is 1. The highest BCUT2D eigenvalue weighted by atomic mass is 35.5. The van der Waals surface area contributed by atoms with Crippen LogP contribution in [-0.2, 0) is 4.79 Å². The first-order chi connectivity index (χ1) is 8.40. The summed E-state index contributed by atoms with van der Waals surface area (Å²) in [6.45, 7) is -0.0922. The first kappa shape index (κ1) is 12.7. The molecule has 6 nitrogen and oxygen atoms in total. The zero-order valence-corrected chi connectivity index (χ0v) is 9.72. The Kier molecular flexibility index (Phi) is 3.18. The Labute approximate surface area is 106 Å². The fraction of sp³-hybridized carbons (Fsp3) is 0.300. The van der Waals surface area contributed by atoms with Gasteiger partial charge in [-0.2, -0.15) is 0 Å². The lowest BCUT2D eigenvalue weighted by Crippen LogP contribution is -2.26. The number of aliphatic hydroxyl groups excluding tert-OH is 1.